The lowest BCUT2D eigenvalue weighted by molar-refractivity contribution is 0.598. The molecule has 2 N–H and O–H groups in total. The molecule has 3 aromatic carbocycles. The molecular formula is C19H14N2O3S. The summed E-state index contributed by atoms with van der Waals surface area (Å²) in [5.41, 5.74) is 0.339. The highest BCUT2D eigenvalue weighted by Crippen LogP contribution is 2.22. The summed E-state index contributed by atoms with van der Waals surface area (Å²) >= 11 is 0. The third-order valence-electron chi connectivity index (χ3n) is 4.34. The van der Waals surface area contributed by atoms with Gasteiger partial charge in [-0.25, -0.2) is 13.6 Å². The van der Waals surface area contributed by atoms with Crippen molar-refractivity contribution >= 4 is 38.1 Å². The van der Waals surface area contributed by atoms with Crippen molar-refractivity contribution in [3.8, 4) is 5.69 Å². The highest BCUT2D eigenvalue weighted by atomic mass is 32.2. The van der Waals surface area contributed by atoms with Crippen LogP contribution < -0.4 is 16.0 Å². The normalized spacial score (nSPS) is 12.0. The molecule has 0 aliphatic rings. The minimum Gasteiger partial charge on any atom is -0.277 e. The summed E-state index contributed by atoms with van der Waals surface area (Å²) in [6.07, 6.45) is 0. The van der Waals surface area contributed by atoms with Crippen molar-refractivity contribution in [2.45, 2.75) is 4.90 Å². The molecule has 4 aromatic rings. The molecule has 25 heavy (non-hydrogen) atoms. The first-order valence-electron chi connectivity index (χ1n) is 7.56. The number of aromatic nitrogens is 1. The minimum atomic E-state index is -3.78. The number of nitrogens with zero attached hydrogens (tertiary/aromatic N) is 1. The van der Waals surface area contributed by atoms with E-state index >= 15 is 0 Å². The van der Waals surface area contributed by atoms with E-state index in [1.807, 2.05) is 30.3 Å². The smallest absolute Gasteiger partial charge is 0.263 e. The maximum absolute atomic E-state index is 13.0. The first kappa shape index (κ1) is 15.6. The monoisotopic (exact) mass is 350 g/mol. The number of nitrogens with two attached hydrogens (primary N) is 1. The Hall–Kier alpha value is -2.96. The Bertz CT molecular complexity index is 1270. The lowest BCUT2D eigenvalue weighted by atomic mass is 10.0. The van der Waals surface area contributed by atoms with Gasteiger partial charge in [-0.2, -0.15) is 0 Å². The summed E-state index contributed by atoms with van der Waals surface area (Å²) in [5.74, 6) is 0. The van der Waals surface area contributed by atoms with E-state index in [0.717, 1.165) is 16.2 Å². The Kier molecular flexibility index (Phi) is 3.28. The molecule has 0 unspecified atom stereocenters. The van der Waals surface area contributed by atoms with Crippen molar-refractivity contribution in [1.29, 1.82) is 0 Å². The molecule has 0 aliphatic carbocycles. The largest absolute Gasteiger partial charge is 0.277 e. The van der Waals surface area contributed by atoms with Crippen LogP contribution in [0.4, 0.5) is 0 Å². The molecule has 0 bridgehead atoms. The van der Waals surface area contributed by atoms with Gasteiger partial charge in [0.15, 0.2) is 0 Å². The van der Waals surface area contributed by atoms with Gasteiger partial charge in [0.05, 0.1) is 4.90 Å². The van der Waals surface area contributed by atoms with Gasteiger partial charge < -0.3 is 0 Å². The van der Waals surface area contributed by atoms with E-state index in [-0.39, 0.29) is 10.5 Å². The van der Waals surface area contributed by atoms with E-state index in [1.54, 1.807) is 18.2 Å². The van der Waals surface area contributed by atoms with Gasteiger partial charge in [-0.3, -0.25) is 9.36 Å². The van der Waals surface area contributed by atoms with Gasteiger partial charge in [0.25, 0.3) is 5.56 Å². The molecule has 0 amide bonds. The molecule has 0 spiro atoms. The van der Waals surface area contributed by atoms with Gasteiger partial charge in [0.1, 0.15) is 0 Å². The number of rotatable bonds is 2. The van der Waals surface area contributed by atoms with Crippen molar-refractivity contribution in [1.82, 2.24) is 4.57 Å². The van der Waals surface area contributed by atoms with Crippen LogP contribution in [0.3, 0.4) is 0 Å². The van der Waals surface area contributed by atoms with E-state index in [0.29, 0.717) is 16.4 Å². The zero-order valence-electron chi connectivity index (χ0n) is 13.1. The second-order valence-electron chi connectivity index (χ2n) is 5.84. The molecule has 0 saturated carbocycles. The molecular weight excluding hydrogens is 336 g/mol. The highest BCUT2D eigenvalue weighted by molar-refractivity contribution is 7.89. The zero-order valence-corrected chi connectivity index (χ0v) is 14.0. The molecule has 0 atom stereocenters. The van der Waals surface area contributed by atoms with Crippen molar-refractivity contribution in [3.63, 3.8) is 0 Å². The Labute approximate surface area is 143 Å². The molecule has 0 radical (unpaired) electrons. The minimum absolute atomic E-state index is 0.00572. The lowest BCUT2D eigenvalue weighted by Gasteiger charge is -2.13. The fourth-order valence-corrected chi connectivity index (χ4v) is 3.70. The third-order valence-corrected chi connectivity index (χ3v) is 5.27. The van der Waals surface area contributed by atoms with Crippen LogP contribution in [-0.2, 0) is 10.0 Å². The van der Waals surface area contributed by atoms with Crippen molar-refractivity contribution in [2.75, 3.05) is 0 Å². The number of pyridine rings is 1. The van der Waals surface area contributed by atoms with E-state index in [9.17, 15) is 13.2 Å². The fraction of sp³-hybridized carbons (Fsp3) is 0. The van der Waals surface area contributed by atoms with E-state index in [1.165, 1.54) is 16.7 Å². The fourth-order valence-electron chi connectivity index (χ4n) is 3.18. The Morgan fingerprint density at radius 2 is 1.48 bits per heavy atom. The van der Waals surface area contributed by atoms with Crippen LogP contribution in [-0.4, -0.2) is 13.0 Å². The topological polar surface area (TPSA) is 82.2 Å². The molecule has 5 nitrogen and oxygen atoms in total. The van der Waals surface area contributed by atoms with Crippen LogP contribution in [0.25, 0.3) is 33.8 Å². The molecule has 4 rings (SSSR count). The summed E-state index contributed by atoms with van der Waals surface area (Å²) in [6.45, 7) is 4.08. The molecule has 1 heterocycles. The predicted octanol–water partition coefficient (Wildman–Crippen LogP) is 1.92. The highest BCUT2D eigenvalue weighted by Gasteiger charge is 2.13. The lowest BCUT2D eigenvalue weighted by Crippen LogP contribution is -2.31. The summed E-state index contributed by atoms with van der Waals surface area (Å²) in [7, 11) is -3.78. The van der Waals surface area contributed by atoms with Gasteiger partial charge in [-0.1, -0.05) is 36.9 Å². The Morgan fingerprint density at radius 1 is 0.880 bits per heavy atom. The maximum Gasteiger partial charge on any atom is 0.263 e. The second kappa shape index (κ2) is 5.27. The molecule has 0 saturated heterocycles. The summed E-state index contributed by atoms with van der Waals surface area (Å²) in [4.78, 5) is 13.0. The number of hydrogen-bond donors (Lipinski definition) is 1. The molecule has 1 aromatic heterocycles. The third kappa shape index (κ3) is 2.34. The first-order chi connectivity index (χ1) is 11.9. The van der Waals surface area contributed by atoms with Gasteiger partial charge in [0.2, 0.25) is 10.0 Å². The van der Waals surface area contributed by atoms with Gasteiger partial charge in [-0.15, -0.1) is 0 Å². The van der Waals surface area contributed by atoms with Gasteiger partial charge >= 0.3 is 0 Å². The number of primary sulfonamides is 1. The van der Waals surface area contributed by atoms with Crippen LogP contribution in [0.2, 0.25) is 0 Å². The molecule has 6 heteroatoms. The van der Waals surface area contributed by atoms with Crippen molar-refractivity contribution in [3.05, 3.63) is 76.4 Å². The maximum atomic E-state index is 13.0. The SMILES string of the molecule is C=c1c2cccc3cccc(c(=O)n1-c1ccc(S(N)(=O)=O)cc1)c32. The predicted molar refractivity (Wildman–Crippen MR) is 99.2 cm³/mol. The average molecular weight is 350 g/mol. The molecule has 124 valence electrons. The quantitative estimate of drug-likeness (QED) is 0.600. The number of sulfonamides is 1. The number of benzene rings is 3. The standard InChI is InChI=1S/C19H14N2O3S/c1-12-16-6-2-4-13-5-3-7-17(18(13)16)19(22)21(12)14-8-10-15(11-9-14)25(20,23)24/h2-11H,1H2,(H2,20,23,24). The van der Waals surface area contributed by atoms with E-state index < -0.39 is 10.0 Å². The first-order valence-corrected chi connectivity index (χ1v) is 9.11. The summed E-state index contributed by atoms with van der Waals surface area (Å²) in [6, 6.07) is 17.3. The van der Waals surface area contributed by atoms with Crippen molar-refractivity contribution in [2.24, 2.45) is 5.14 Å². The van der Waals surface area contributed by atoms with Gasteiger partial charge in [-0.05, 0) is 35.7 Å². The summed E-state index contributed by atoms with van der Waals surface area (Å²) < 4.78 is 24.3. The van der Waals surface area contributed by atoms with Crippen LogP contribution >= 0.6 is 0 Å². The van der Waals surface area contributed by atoms with Crippen LogP contribution in [0.5, 0.6) is 0 Å². The molecule has 0 aliphatic heterocycles. The van der Waals surface area contributed by atoms with Crippen LogP contribution in [0, 0.1) is 0 Å². The average Bonchev–Trinajstić information content (AvgIpc) is 2.59. The zero-order chi connectivity index (χ0) is 17.8. The van der Waals surface area contributed by atoms with E-state index in [4.69, 9.17) is 5.14 Å². The number of hydrogen-bond acceptors (Lipinski definition) is 3. The summed E-state index contributed by atoms with van der Waals surface area (Å²) in [5, 5.41) is 9.02. The Morgan fingerprint density at radius 3 is 2.08 bits per heavy atom. The van der Waals surface area contributed by atoms with Gasteiger partial charge in [0, 0.05) is 27.2 Å². The van der Waals surface area contributed by atoms with Crippen LogP contribution in [0.15, 0.2) is 70.4 Å². The molecule has 0 fully saturated rings. The van der Waals surface area contributed by atoms with Crippen molar-refractivity contribution < 1.29 is 8.42 Å². The van der Waals surface area contributed by atoms with Crippen LogP contribution in [0.1, 0.15) is 0 Å². The van der Waals surface area contributed by atoms with E-state index in [2.05, 4.69) is 6.58 Å². The Balaban J connectivity index is 2.10. The second-order valence-corrected chi connectivity index (χ2v) is 7.40.